The highest BCUT2D eigenvalue weighted by Gasteiger charge is 2.17. The number of amides is 1. The lowest BCUT2D eigenvalue weighted by atomic mass is 10.2. The molecule has 1 fully saturated rings. The van der Waals surface area contributed by atoms with E-state index in [1.54, 1.807) is 0 Å². The summed E-state index contributed by atoms with van der Waals surface area (Å²) in [5, 5.41) is 3.80. The molecule has 0 aromatic heterocycles. The van der Waals surface area contributed by atoms with Gasteiger partial charge in [-0.1, -0.05) is 35.9 Å². The van der Waals surface area contributed by atoms with Gasteiger partial charge in [-0.25, -0.2) is 0 Å². The lowest BCUT2D eigenvalue weighted by Gasteiger charge is -2.30. The molecule has 5 nitrogen and oxygen atoms in total. The molecule has 138 valence electrons. The Balaban J connectivity index is 1.58. The lowest BCUT2D eigenvalue weighted by molar-refractivity contribution is -0.885. The number of carbonyl (C=O) groups is 1. The Morgan fingerprint density at radius 3 is 2.58 bits per heavy atom. The zero-order chi connectivity index (χ0) is 18.4. The molecule has 1 atom stereocenters. The van der Waals surface area contributed by atoms with Crippen LogP contribution in [0.25, 0.3) is 0 Å². The van der Waals surface area contributed by atoms with E-state index in [2.05, 4.69) is 10.2 Å². The molecule has 0 spiro atoms. The van der Waals surface area contributed by atoms with Gasteiger partial charge in [-0.2, -0.15) is 0 Å². The molecule has 2 N–H and O–H groups in total. The molecule has 0 saturated carbocycles. The van der Waals surface area contributed by atoms with Crippen LogP contribution in [0.1, 0.15) is 5.56 Å². The van der Waals surface area contributed by atoms with Crippen LogP contribution < -0.4 is 15.1 Å². The van der Waals surface area contributed by atoms with E-state index in [1.807, 2.05) is 55.6 Å². The third-order valence-corrected chi connectivity index (χ3v) is 4.66. The summed E-state index contributed by atoms with van der Waals surface area (Å²) in [7, 11) is 2.02. The molecule has 26 heavy (non-hydrogen) atoms. The van der Waals surface area contributed by atoms with E-state index in [9.17, 15) is 4.79 Å². The van der Waals surface area contributed by atoms with Crippen LogP contribution in [0.15, 0.2) is 48.5 Å². The van der Waals surface area contributed by atoms with Gasteiger partial charge < -0.3 is 19.9 Å². The fourth-order valence-electron chi connectivity index (χ4n) is 3.14. The van der Waals surface area contributed by atoms with Crippen molar-refractivity contribution in [1.29, 1.82) is 0 Å². The molecule has 2 aromatic rings. The first kappa shape index (κ1) is 18.7. The lowest BCUT2D eigenvalue weighted by Crippen LogP contribution is -3.08. The number of morpholine rings is 1. The number of nitrogens with zero attached hydrogens (tertiary/aromatic N) is 1. The van der Waals surface area contributed by atoms with Crippen LogP contribution in [-0.2, 0) is 16.1 Å². The molecular weight excluding hydrogens is 350 g/mol. The first-order valence-corrected chi connectivity index (χ1v) is 9.27. The Hall–Kier alpha value is -2.08. The van der Waals surface area contributed by atoms with Crippen molar-refractivity contribution in [2.45, 2.75) is 6.54 Å². The second kappa shape index (κ2) is 9.03. The van der Waals surface area contributed by atoms with Crippen LogP contribution in [0, 0.1) is 0 Å². The molecule has 2 aromatic carbocycles. The highest BCUT2D eigenvalue weighted by atomic mass is 35.5. The standard InChI is InChI=1S/C20H24ClN3O2/c1-23(14-16-6-8-17(21)9-7-16)15-20(25)22-18-4-2-3-5-19(18)24-10-12-26-13-11-24/h2-9H,10-15H2,1H3,(H,22,25)/p+1. The Bertz CT molecular complexity index is 730. The van der Waals surface area contributed by atoms with Crippen molar-refractivity contribution < 1.29 is 14.4 Å². The number of halogens is 1. The average molecular weight is 375 g/mol. The Labute approximate surface area is 159 Å². The molecule has 0 radical (unpaired) electrons. The number of likely N-dealkylation sites (N-methyl/N-ethyl adjacent to an activating group) is 1. The quantitative estimate of drug-likeness (QED) is 0.811. The van der Waals surface area contributed by atoms with Crippen molar-refractivity contribution in [3.05, 3.63) is 59.1 Å². The molecular formula is C20H25ClN3O2+. The van der Waals surface area contributed by atoms with Crippen LogP contribution in [-0.4, -0.2) is 45.8 Å². The minimum Gasteiger partial charge on any atom is -0.378 e. The van der Waals surface area contributed by atoms with Gasteiger partial charge in [-0.3, -0.25) is 4.79 Å². The zero-order valence-electron chi connectivity index (χ0n) is 15.0. The molecule has 6 heteroatoms. The number of ether oxygens (including phenoxy) is 1. The smallest absolute Gasteiger partial charge is 0.279 e. The number of anilines is 2. The Morgan fingerprint density at radius 1 is 1.15 bits per heavy atom. The van der Waals surface area contributed by atoms with E-state index >= 15 is 0 Å². The number of hydrogen-bond donors (Lipinski definition) is 2. The second-order valence-corrected chi connectivity index (χ2v) is 7.04. The molecule has 3 rings (SSSR count). The summed E-state index contributed by atoms with van der Waals surface area (Å²) < 4.78 is 5.42. The maximum Gasteiger partial charge on any atom is 0.279 e. The first-order valence-electron chi connectivity index (χ1n) is 8.89. The van der Waals surface area contributed by atoms with Gasteiger partial charge in [0.25, 0.3) is 5.91 Å². The number of hydrogen-bond acceptors (Lipinski definition) is 3. The third kappa shape index (κ3) is 5.21. The zero-order valence-corrected chi connectivity index (χ0v) is 15.8. The van der Waals surface area contributed by atoms with E-state index in [-0.39, 0.29) is 5.91 Å². The highest BCUT2D eigenvalue weighted by molar-refractivity contribution is 6.30. The van der Waals surface area contributed by atoms with Crippen molar-refractivity contribution in [2.24, 2.45) is 0 Å². The van der Waals surface area contributed by atoms with Crippen molar-refractivity contribution in [3.63, 3.8) is 0 Å². The van der Waals surface area contributed by atoms with Crippen LogP contribution >= 0.6 is 11.6 Å². The van der Waals surface area contributed by atoms with Gasteiger partial charge in [-0.15, -0.1) is 0 Å². The molecule has 1 aliphatic heterocycles. The first-order chi connectivity index (χ1) is 12.6. The topological polar surface area (TPSA) is 46.0 Å². The van der Waals surface area contributed by atoms with Gasteiger partial charge in [-0.05, 0) is 24.3 Å². The van der Waals surface area contributed by atoms with Crippen LogP contribution in [0.4, 0.5) is 11.4 Å². The van der Waals surface area contributed by atoms with Gasteiger partial charge in [0, 0.05) is 23.7 Å². The van der Waals surface area contributed by atoms with E-state index < -0.39 is 0 Å². The number of rotatable bonds is 6. The van der Waals surface area contributed by atoms with Crippen molar-refractivity contribution in [1.82, 2.24) is 0 Å². The maximum atomic E-state index is 12.5. The number of nitrogens with one attached hydrogen (secondary N) is 2. The SMILES string of the molecule is C[NH+](CC(=O)Nc1ccccc1N1CCOCC1)Cc1ccc(Cl)cc1. The average Bonchev–Trinajstić information content (AvgIpc) is 2.64. The fourth-order valence-corrected chi connectivity index (χ4v) is 3.27. The highest BCUT2D eigenvalue weighted by Crippen LogP contribution is 2.26. The van der Waals surface area contributed by atoms with Gasteiger partial charge >= 0.3 is 0 Å². The van der Waals surface area contributed by atoms with E-state index in [0.29, 0.717) is 6.54 Å². The van der Waals surface area contributed by atoms with E-state index in [0.717, 1.165) is 59.7 Å². The number of benzene rings is 2. The van der Waals surface area contributed by atoms with Gasteiger partial charge in [0.05, 0.1) is 31.6 Å². The Morgan fingerprint density at radius 2 is 1.85 bits per heavy atom. The third-order valence-electron chi connectivity index (χ3n) is 4.41. The normalized spacial score (nSPS) is 15.5. The monoisotopic (exact) mass is 374 g/mol. The summed E-state index contributed by atoms with van der Waals surface area (Å²) in [6, 6.07) is 15.7. The number of quaternary nitrogens is 1. The van der Waals surface area contributed by atoms with Gasteiger partial charge in [0.1, 0.15) is 6.54 Å². The minimum absolute atomic E-state index is 0.0113. The van der Waals surface area contributed by atoms with Gasteiger partial charge in [0.15, 0.2) is 6.54 Å². The van der Waals surface area contributed by atoms with Gasteiger partial charge in [0.2, 0.25) is 0 Å². The predicted molar refractivity (Wildman–Crippen MR) is 105 cm³/mol. The van der Waals surface area contributed by atoms with Crippen LogP contribution in [0.2, 0.25) is 5.02 Å². The van der Waals surface area contributed by atoms with Crippen LogP contribution in [0.5, 0.6) is 0 Å². The second-order valence-electron chi connectivity index (χ2n) is 6.60. The van der Waals surface area contributed by atoms with E-state index in [1.165, 1.54) is 0 Å². The summed E-state index contributed by atoms with van der Waals surface area (Å²) in [6.07, 6.45) is 0. The molecule has 1 heterocycles. The number of carbonyl (C=O) groups excluding carboxylic acids is 1. The van der Waals surface area contributed by atoms with E-state index in [4.69, 9.17) is 16.3 Å². The predicted octanol–water partition coefficient (Wildman–Crippen LogP) is 1.83. The van der Waals surface area contributed by atoms with Crippen molar-refractivity contribution in [3.8, 4) is 0 Å². The molecule has 1 amide bonds. The minimum atomic E-state index is 0.0113. The molecule has 0 aliphatic carbocycles. The Kier molecular flexibility index (Phi) is 6.50. The van der Waals surface area contributed by atoms with Crippen molar-refractivity contribution >= 4 is 28.9 Å². The molecule has 0 bridgehead atoms. The molecule has 1 saturated heterocycles. The summed E-state index contributed by atoms with van der Waals surface area (Å²) in [4.78, 5) is 15.9. The summed E-state index contributed by atoms with van der Waals surface area (Å²) >= 11 is 5.92. The molecule has 1 aliphatic rings. The van der Waals surface area contributed by atoms with Crippen LogP contribution in [0.3, 0.4) is 0 Å². The molecule has 1 unspecified atom stereocenters. The number of para-hydroxylation sites is 2. The summed E-state index contributed by atoms with van der Waals surface area (Å²) in [5.74, 6) is 0.0113. The maximum absolute atomic E-state index is 12.5. The summed E-state index contributed by atoms with van der Waals surface area (Å²) in [6.45, 7) is 4.30. The summed E-state index contributed by atoms with van der Waals surface area (Å²) in [5.41, 5.74) is 3.08. The van der Waals surface area contributed by atoms with Crippen molar-refractivity contribution in [2.75, 3.05) is 50.1 Å². The fraction of sp³-hybridized carbons (Fsp3) is 0.350. The largest absolute Gasteiger partial charge is 0.378 e.